The number of aryl methyl sites for hydroxylation is 1. The van der Waals surface area contributed by atoms with E-state index in [1.54, 1.807) is 13.0 Å². The first-order valence-electron chi connectivity index (χ1n) is 4.55. The molecule has 1 heterocycles. The topological polar surface area (TPSA) is 12.5 Å². The Hall–Kier alpha value is -0.600. The molecule has 2 rings (SSSR count). The molecular weight excluding hydrogens is 203 g/mol. The van der Waals surface area contributed by atoms with E-state index in [1.165, 1.54) is 6.07 Å². The van der Waals surface area contributed by atoms with Crippen molar-refractivity contribution in [2.45, 2.75) is 32.5 Å². The second-order valence-electron chi connectivity index (χ2n) is 4.22. The van der Waals surface area contributed by atoms with Crippen LogP contribution in [0.4, 0.5) is 4.39 Å². The molecule has 1 aromatic rings. The first-order chi connectivity index (χ1) is 6.42. The summed E-state index contributed by atoms with van der Waals surface area (Å²) in [6, 6.07) is 3.11. The summed E-state index contributed by atoms with van der Waals surface area (Å²) < 4.78 is 18.7. The Morgan fingerprint density at radius 1 is 1.43 bits per heavy atom. The molecule has 0 saturated carbocycles. The first-order valence-corrected chi connectivity index (χ1v) is 4.93. The number of benzene rings is 1. The summed E-state index contributed by atoms with van der Waals surface area (Å²) in [6.07, 6.45) is -0.0647. The SMILES string of the molecule is Cc1cc(Cl)c(C2OC2(C)C)cc1F. The van der Waals surface area contributed by atoms with Gasteiger partial charge in [-0.1, -0.05) is 11.6 Å². The van der Waals surface area contributed by atoms with Gasteiger partial charge in [-0.05, 0) is 38.5 Å². The number of rotatable bonds is 1. The molecule has 0 N–H and O–H groups in total. The van der Waals surface area contributed by atoms with Gasteiger partial charge < -0.3 is 4.74 Å². The predicted octanol–water partition coefficient (Wildman–Crippen LogP) is 3.64. The third kappa shape index (κ3) is 1.53. The number of hydrogen-bond donors (Lipinski definition) is 0. The van der Waals surface area contributed by atoms with Gasteiger partial charge in [0.2, 0.25) is 0 Å². The maximum absolute atomic E-state index is 13.3. The standard InChI is InChI=1S/C11H12ClFO/c1-6-4-8(12)7(5-9(6)13)10-11(2,3)14-10/h4-5,10H,1-3H3. The molecule has 1 aliphatic rings. The van der Waals surface area contributed by atoms with E-state index < -0.39 is 0 Å². The Kier molecular flexibility index (Phi) is 2.09. The lowest BCUT2D eigenvalue weighted by Crippen LogP contribution is -1.99. The highest BCUT2D eigenvalue weighted by atomic mass is 35.5. The van der Waals surface area contributed by atoms with E-state index >= 15 is 0 Å². The summed E-state index contributed by atoms with van der Waals surface area (Å²) in [6.45, 7) is 5.63. The van der Waals surface area contributed by atoms with Gasteiger partial charge >= 0.3 is 0 Å². The maximum atomic E-state index is 13.3. The molecule has 1 aromatic carbocycles. The van der Waals surface area contributed by atoms with Crippen molar-refractivity contribution < 1.29 is 9.13 Å². The monoisotopic (exact) mass is 214 g/mol. The van der Waals surface area contributed by atoms with Crippen LogP contribution in [0.2, 0.25) is 5.02 Å². The maximum Gasteiger partial charge on any atom is 0.126 e. The molecule has 0 aliphatic carbocycles. The van der Waals surface area contributed by atoms with Crippen molar-refractivity contribution in [2.75, 3.05) is 0 Å². The third-order valence-corrected chi connectivity index (χ3v) is 2.88. The molecule has 0 radical (unpaired) electrons. The highest BCUT2D eigenvalue weighted by Gasteiger charge is 2.49. The van der Waals surface area contributed by atoms with E-state index in [9.17, 15) is 4.39 Å². The van der Waals surface area contributed by atoms with Gasteiger partial charge in [0, 0.05) is 10.6 Å². The highest BCUT2D eigenvalue weighted by Crippen LogP contribution is 2.50. The minimum atomic E-state index is -0.226. The van der Waals surface area contributed by atoms with Gasteiger partial charge in [0.25, 0.3) is 0 Å². The first kappa shape index (κ1) is 9.94. The van der Waals surface area contributed by atoms with Gasteiger partial charge in [-0.3, -0.25) is 0 Å². The normalized spacial score (nSPS) is 23.6. The molecule has 1 aliphatic heterocycles. The molecular formula is C11H12ClFO. The Morgan fingerprint density at radius 3 is 2.50 bits per heavy atom. The van der Waals surface area contributed by atoms with Crippen LogP contribution >= 0.6 is 11.6 Å². The minimum Gasteiger partial charge on any atom is -0.362 e. The average Bonchev–Trinajstić information content (AvgIpc) is 2.67. The Labute approximate surface area is 87.8 Å². The van der Waals surface area contributed by atoms with Gasteiger partial charge in [0.15, 0.2) is 0 Å². The summed E-state index contributed by atoms with van der Waals surface area (Å²) in [7, 11) is 0. The summed E-state index contributed by atoms with van der Waals surface area (Å²) in [5.41, 5.74) is 1.11. The molecule has 1 saturated heterocycles. The molecule has 0 spiro atoms. The summed E-state index contributed by atoms with van der Waals surface area (Å²) in [5, 5.41) is 0.583. The molecule has 76 valence electrons. The molecule has 0 amide bonds. The summed E-state index contributed by atoms with van der Waals surface area (Å²) >= 11 is 6.02. The minimum absolute atomic E-state index is 0.0647. The van der Waals surface area contributed by atoms with Crippen LogP contribution in [0.5, 0.6) is 0 Å². The largest absolute Gasteiger partial charge is 0.362 e. The molecule has 1 atom stereocenters. The summed E-state index contributed by atoms with van der Waals surface area (Å²) in [4.78, 5) is 0. The smallest absolute Gasteiger partial charge is 0.126 e. The molecule has 0 bridgehead atoms. The van der Waals surface area contributed by atoms with E-state index in [0.29, 0.717) is 10.6 Å². The van der Waals surface area contributed by atoms with Crippen molar-refractivity contribution in [1.29, 1.82) is 0 Å². The fraction of sp³-hybridized carbons (Fsp3) is 0.455. The van der Waals surface area contributed by atoms with Crippen LogP contribution in [0.15, 0.2) is 12.1 Å². The zero-order valence-electron chi connectivity index (χ0n) is 8.40. The lowest BCUT2D eigenvalue weighted by Gasteiger charge is -2.04. The fourth-order valence-corrected chi connectivity index (χ4v) is 1.89. The van der Waals surface area contributed by atoms with Crippen molar-refractivity contribution in [1.82, 2.24) is 0 Å². The van der Waals surface area contributed by atoms with Gasteiger partial charge in [0.1, 0.15) is 11.9 Å². The van der Waals surface area contributed by atoms with Gasteiger partial charge in [-0.2, -0.15) is 0 Å². The number of halogens is 2. The Bertz CT molecular complexity index is 387. The van der Waals surface area contributed by atoms with Crippen molar-refractivity contribution >= 4 is 11.6 Å². The molecule has 3 heteroatoms. The van der Waals surface area contributed by atoms with E-state index in [0.717, 1.165) is 5.56 Å². The fourth-order valence-electron chi connectivity index (χ4n) is 1.57. The van der Waals surface area contributed by atoms with Crippen LogP contribution in [0.3, 0.4) is 0 Å². The van der Waals surface area contributed by atoms with Crippen molar-refractivity contribution in [3.63, 3.8) is 0 Å². The quantitative estimate of drug-likeness (QED) is 0.651. The van der Waals surface area contributed by atoms with Gasteiger partial charge in [0.05, 0.1) is 5.60 Å². The predicted molar refractivity (Wildman–Crippen MR) is 54.1 cm³/mol. The van der Waals surface area contributed by atoms with Gasteiger partial charge in [-0.15, -0.1) is 0 Å². The van der Waals surface area contributed by atoms with E-state index in [-0.39, 0.29) is 17.5 Å². The zero-order valence-corrected chi connectivity index (χ0v) is 9.15. The number of epoxide rings is 1. The van der Waals surface area contributed by atoms with Crippen LogP contribution in [0.25, 0.3) is 0 Å². The van der Waals surface area contributed by atoms with Crippen LogP contribution in [0.1, 0.15) is 31.1 Å². The van der Waals surface area contributed by atoms with Crippen LogP contribution in [-0.2, 0) is 4.74 Å². The van der Waals surface area contributed by atoms with Crippen LogP contribution in [-0.4, -0.2) is 5.60 Å². The summed E-state index contributed by atoms with van der Waals surface area (Å²) in [5.74, 6) is -0.226. The second-order valence-corrected chi connectivity index (χ2v) is 4.63. The lowest BCUT2D eigenvalue weighted by atomic mass is 10.0. The molecule has 1 unspecified atom stereocenters. The molecule has 0 aromatic heterocycles. The van der Waals surface area contributed by atoms with E-state index in [1.807, 2.05) is 13.8 Å². The van der Waals surface area contributed by atoms with Crippen molar-refractivity contribution in [3.05, 3.63) is 34.1 Å². The van der Waals surface area contributed by atoms with Crippen LogP contribution in [0, 0.1) is 12.7 Å². The van der Waals surface area contributed by atoms with Crippen molar-refractivity contribution in [3.8, 4) is 0 Å². The third-order valence-electron chi connectivity index (χ3n) is 2.56. The second kappa shape index (κ2) is 2.94. The lowest BCUT2D eigenvalue weighted by molar-refractivity contribution is 0.325. The number of ether oxygens (including phenoxy) is 1. The molecule has 1 nitrogen and oxygen atoms in total. The van der Waals surface area contributed by atoms with E-state index in [4.69, 9.17) is 16.3 Å². The zero-order chi connectivity index (χ0) is 10.5. The Morgan fingerprint density at radius 2 is 2.00 bits per heavy atom. The molecule has 1 fully saturated rings. The number of hydrogen-bond acceptors (Lipinski definition) is 1. The van der Waals surface area contributed by atoms with Crippen LogP contribution < -0.4 is 0 Å². The van der Waals surface area contributed by atoms with Gasteiger partial charge in [-0.25, -0.2) is 4.39 Å². The average molecular weight is 215 g/mol. The highest BCUT2D eigenvalue weighted by molar-refractivity contribution is 6.31. The van der Waals surface area contributed by atoms with Crippen molar-refractivity contribution in [2.24, 2.45) is 0 Å². The Balaban J connectivity index is 2.41. The molecule has 14 heavy (non-hydrogen) atoms. The van der Waals surface area contributed by atoms with E-state index in [2.05, 4.69) is 0 Å².